The molecule has 1 N–H and O–H groups in total. The van der Waals surface area contributed by atoms with Crippen molar-refractivity contribution in [1.82, 2.24) is 0 Å². The number of aryl methyl sites for hydroxylation is 1. The largest absolute Gasteiger partial charge is 0.460 e. The predicted octanol–water partition coefficient (Wildman–Crippen LogP) is 7.85. The zero-order chi connectivity index (χ0) is 29.7. The Morgan fingerprint density at radius 3 is 1.30 bits per heavy atom. The Morgan fingerprint density at radius 2 is 0.919 bits per heavy atom. The Labute approximate surface area is 194 Å². The second kappa shape index (κ2) is 9.59. The SMILES string of the molecule is OCCCCc1ccc(C(F)(F)C(F)(F)C(F)(F)C(F)(F)F)cc1C(F)(F)C(F)(F)C(F)(F)C(F)(F)F. The number of aliphatic hydroxyl groups is 1. The molecule has 0 spiro atoms. The van der Waals surface area contributed by atoms with Crippen LogP contribution >= 0.6 is 0 Å². The highest BCUT2D eigenvalue weighted by molar-refractivity contribution is 5.40. The molecule has 0 saturated heterocycles. The molecule has 0 fully saturated rings. The van der Waals surface area contributed by atoms with Crippen molar-refractivity contribution in [2.75, 3.05) is 6.61 Å². The third-order valence-electron chi connectivity index (χ3n) is 4.95. The van der Waals surface area contributed by atoms with E-state index in [0.29, 0.717) is 0 Å². The van der Waals surface area contributed by atoms with E-state index in [0.717, 1.165) is 0 Å². The van der Waals surface area contributed by atoms with Crippen molar-refractivity contribution >= 4 is 0 Å². The van der Waals surface area contributed by atoms with Crippen LogP contribution in [0.25, 0.3) is 0 Å². The second-order valence-electron chi connectivity index (χ2n) is 7.49. The van der Waals surface area contributed by atoms with Crippen LogP contribution in [0.5, 0.6) is 0 Å². The molecule has 0 atom stereocenters. The van der Waals surface area contributed by atoms with Gasteiger partial charge in [-0.05, 0) is 30.9 Å². The molecule has 1 aromatic carbocycles. The van der Waals surface area contributed by atoms with Gasteiger partial charge in [-0.1, -0.05) is 12.1 Å². The smallest absolute Gasteiger partial charge is 0.396 e. The summed E-state index contributed by atoms with van der Waals surface area (Å²) in [4.78, 5) is 0. The summed E-state index contributed by atoms with van der Waals surface area (Å²) >= 11 is 0. The van der Waals surface area contributed by atoms with Crippen LogP contribution in [0, 0.1) is 0 Å². The van der Waals surface area contributed by atoms with Crippen molar-refractivity contribution in [1.29, 1.82) is 0 Å². The van der Waals surface area contributed by atoms with Crippen LogP contribution in [0.2, 0.25) is 0 Å². The highest BCUT2D eigenvalue weighted by Gasteiger charge is 2.83. The molecule has 19 heteroatoms. The van der Waals surface area contributed by atoms with E-state index in [-0.39, 0.29) is 6.07 Å². The quantitative estimate of drug-likeness (QED) is 0.219. The summed E-state index contributed by atoms with van der Waals surface area (Å²) in [6.07, 6.45) is -16.8. The minimum absolute atomic E-state index is 0.256. The van der Waals surface area contributed by atoms with Gasteiger partial charge in [0.1, 0.15) is 0 Å². The Balaban J connectivity index is 3.93. The summed E-state index contributed by atoms with van der Waals surface area (Å²) in [6, 6.07) is -2.04. The zero-order valence-corrected chi connectivity index (χ0v) is 17.3. The molecule has 0 aliphatic rings. The van der Waals surface area contributed by atoms with Crippen LogP contribution in [0.1, 0.15) is 29.5 Å². The van der Waals surface area contributed by atoms with E-state index in [2.05, 4.69) is 0 Å². The van der Waals surface area contributed by atoms with E-state index in [1.807, 2.05) is 0 Å². The summed E-state index contributed by atoms with van der Waals surface area (Å²) in [6.45, 7) is -0.747. The lowest BCUT2D eigenvalue weighted by Crippen LogP contribution is -2.60. The molecule has 1 aromatic rings. The standard InChI is InChI=1S/C18H12F18O/c19-11(20,13(23,24)15(27,28)17(31,32)33)9-5-4-8(3-1-2-6-37)10(7-9)12(21,22)14(25,26)16(29,30)18(34,35)36/h4-5,7,37H,1-3,6H2. The molecule has 1 nitrogen and oxygen atoms in total. The minimum atomic E-state index is -7.59. The van der Waals surface area contributed by atoms with Gasteiger partial charge in [-0.15, -0.1) is 0 Å². The fourth-order valence-electron chi connectivity index (χ4n) is 2.81. The number of alkyl halides is 18. The summed E-state index contributed by atoms with van der Waals surface area (Å²) in [5.41, 5.74) is -7.35. The van der Waals surface area contributed by atoms with Crippen LogP contribution in [-0.4, -0.2) is 47.8 Å². The lowest BCUT2D eigenvalue weighted by Gasteiger charge is -2.36. The van der Waals surface area contributed by atoms with E-state index in [1.54, 1.807) is 0 Å². The van der Waals surface area contributed by atoms with Crippen molar-refractivity contribution < 1.29 is 84.1 Å². The van der Waals surface area contributed by atoms with Gasteiger partial charge < -0.3 is 5.11 Å². The van der Waals surface area contributed by atoms with E-state index in [9.17, 15) is 79.0 Å². The van der Waals surface area contributed by atoms with Crippen molar-refractivity contribution in [3.05, 3.63) is 34.9 Å². The molecule has 0 bridgehead atoms. The lowest BCUT2D eigenvalue weighted by molar-refractivity contribution is -0.400. The Hall–Kier alpha value is -2.08. The van der Waals surface area contributed by atoms with Gasteiger partial charge in [-0.2, -0.15) is 79.0 Å². The number of aliphatic hydroxyl groups excluding tert-OH is 1. The summed E-state index contributed by atoms with van der Waals surface area (Å²) in [5.74, 6) is -43.8. The fraction of sp³-hybridized carbons (Fsp3) is 0.667. The average molecular weight is 586 g/mol. The van der Waals surface area contributed by atoms with Gasteiger partial charge in [0.2, 0.25) is 0 Å². The lowest BCUT2D eigenvalue weighted by atomic mass is 9.87. The van der Waals surface area contributed by atoms with E-state index in [1.165, 1.54) is 0 Å². The number of halogens is 18. The molecule has 216 valence electrons. The Bertz CT molecular complexity index is 943. The van der Waals surface area contributed by atoms with Gasteiger partial charge in [0.15, 0.2) is 0 Å². The minimum Gasteiger partial charge on any atom is -0.396 e. The highest BCUT2D eigenvalue weighted by Crippen LogP contribution is 2.59. The third-order valence-corrected chi connectivity index (χ3v) is 4.95. The maximum absolute atomic E-state index is 14.5. The van der Waals surface area contributed by atoms with Crippen LogP contribution in [0.15, 0.2) is 18.2 Å². The summed E-state index contributed by atoms with van der Waals surface area (Å²) in [5, 5.41) is 8.64. The first-order valence-corrected chi connectivity index (χ1v) is 9.31. The molecule has 1 rings (SSSR count). The Kier molecular flexibility index (Phi) is 8.54. The number of hydrogen-bond donors (Lipinski definition) is 1. The van der Waals surface area contributed by atoms with E-state index in [4.69, 9.17) is 5.11 Å². The second-order valence-corrected chi connectivity index (χ2v) is 7.49. The molecular weight excluding hydrogens is 574 g/mol. The van der Waals surface area contributed by atoms with Gasteiger partial charge in [0.05, 0.1) is 0 Å². The average Bonchev–Trinajstić information content (AvgIpc) is 2.71. The van der Waals surface area contributed by atoms with E-state index >= 15 is 0 Å². The van der Waals surface area contributed by atoms with Crippen LogP contribution < -0.4 is 0 Å². The molecule has 0 unspecified atom stereocenters. The van der Waals surface area contributed by atoms with E-state index < -0.39 is 103 Å². The topological polar surface area (TPSA) is 20.2 Å². The highest BCUT2D eigenvalue weighted by atomic mass is 19.4. The van der Waals surface area contributed by atoms with Gasteiger partial charge in [-0.3, -0.25) is 0 Å². The van der Waals surface area contributed by atoms with Crippen LogP contribution in [-0.2, 0) is 18.3 Å². The van der Waals surface area contributed by atoms with Gasteiger partial charge in [-0.25, -0.2) is 0 Å². The Morgan fingerprint density at radius 1 is 0.514 bits per heavy atom. The summed E-state index contributed by atoms with van der Waals surface area (Å²) < 4.78 is 239. The molecule has 37 heavy (non-hydrogen) atoms. The molecule has 0 heterocycles. The molecule has 0 saturated carbocycles. The summed E-state index contributed by atoms with van der Waals surface area (Å²) in [7, 11) is 0. The van der Waals surface area contributed by atoms with Gasteiger partial charge in [0, 0.05) is 17.7 Å². The van der Waals surface area contributed by atoms with Crippen molar-refractivity contribution in [3.8, 4) is 0 Å². The number of benzene rings is 1. The third kappa shape index (κ3) is 5.15. The first kappa shape index (κ1) is 32.9. The molecular formula is C18H12F18O. The first-order valence-electron chi connectivity index (χ1n) is 9.31. The number of hydrogen-bond acceptors (Lipinski definition) is 1. The molecule has 0 aliphatic heterocycles. The van der Waals surface area contributed by atoms with Crippen LogP contribution in [0.4, 0.5) is 79.0 Å². The first-order chi connectivity index (χ1) is 16.2. The number of rotatable bonds is 10. The van der Waals surface area contributed by atoms with Gasteiger partial charge >= 0.3 is 47.9 Å². The molecule has 0 radical (unpaired) electrons. The van der Waals surface area contributed by atoms with Crippen molar-refractivity contribution in [2.24, 2.45) is 0 Å². The van der Waals surface area contributed by atoms with Crippen molar-refractivity contribution in [2.45, 2.75) is 67.2 Å². The molecule has 0 aliphatic carbocycles. The normalized spacial score (nSPS) is 15.3. The maximum Gasteiger partial charge on any atom is 0.460 e. The fourth-order valence-corrected chi connectivity index (χ4v) is 2.81. The maximum atomic E-state index is 14.5. The van der Waals surface area contributed by atoms with Gasteiger partial charge in [0.25, 0.3) is 0 Å². The molecule has 0 aromatic heterocycles. The van der Waals surface area contributed by atoms with Crippen molar-refractivity contribution in [3.63, 3.8) is 0 Å². The predicted molar refractivity (Wildman–Crippen MR) is 86.2 cm³/mol. The monoisotopic (exact) mass is 586 g/mol. The van der Waals surface area contributed by atoms with Crippen LogP contribution in [0.3, 0.4) is 0 Å². The number of unbranched alkanes of at least 4 members (excludes halogenated alkanes) is 1. The zero-order valence-electron chi connectivity index (χ0n) is 17.3. The molecule has 0 amide bonds.